The lowest BCUT2D eigenvalue weighted by Crippen LogP contribution is -2.18. The van der Waals surface area contributed by atoms with Crippen molar-refractivity contribution in [1.82, 2.24) is 5.32 Å². The molecule has 1 rings (SSSR count). The molecule has 2 nitrogen and oxygen atoms in total. The highest BCUT2D eigenvalue weighted by molar-refractivity contribution is 6.30. The molecule has 4 heteroatoms. The van der Waals surface area contributed by atoms with E-state index in [1.54, 1.807) is 12.1 Å². The summed E-state index contributed by atoms with van der Waals surface area (Å²) in [4.78, 5) is 11.5. The Morgan fingerprint density at radius 3 is 2.94 bits per heavy atom. The highest BCUT2D eigenvalue weighted by Crippen LogP contribution is 2.18. The van der Waals surface area contributed by atoms with Gasteiger partial charge in [-0.2, -0.15) is 0 Å². The van der Waals surface area contributed by atoms with Crippen molar-refractivity contribution >= 4 is 17.4 Å². The second-order valence-electron chi connectivity index (χ2n) is 3.53. The van der Waals surface area contributed by atoms with Crippen LogP contribution >= 0.6 is 11.6 Å². The van der Waals surface area contributed by atoms with E-state index in [9.17, 15) is 9.18 Å². The zero-order chi connectivity index (χ0) is 12.0. The lowest BCUT2D eigenvalue weighted by molar-refractivity contribution is -0.118. The van der Waals surface area contributed by atoms with Crippen LogP contribution in [0.1, 0.15) is 18.9 Å². The van der Waals surface area contributed by atoms with Gasteiger partial charge >= 0.3 is 0 Å². The standard InChI is InChI=1S/C12H15ClFNO/c1-2-15-7-6-10(16)8-9-4-3-5-11(13)12(9)14/h3-5,15H,2,6-8H2,1H3. The summed E-state index contributed by atoms with van der Waals surface area (Å²) in [7, 11) is 0. The van der Waals surface area contributed by atoms with E-state index in [0.717, 1.165) is 6.54 Å². The zero-order valence-electron chi connectivity index (χ0n) is 9.22. The first-order valence-electron chi connectivity index (χ1n) is 5.30. The molecule has 0 atom stereocenters. The molecule has 0 aromatic heterocycles. The van der Waals surface area contributed by atoms with E-state index in [2.05, 4.69) is 5.32 Å². The van der Waals surface area contributed by atoms with Crippen LogP contribution in [0, 0.1) is 5.82 Å². The van der Waals surface area contributed by atoms with Crippen LogP contribution in [-0.4, -0.2) is 18.9 Å². The molecule has 0 saturated carbocycles. The van der Waals surface area contributed by atoms with Gasteiger partial charge in [0.2, 0.25) is 0 Å². The summed E-state index contributed by atoms with van der Waals surface area (Å²) >= 11 is 5.63. The molecular weight excluding hydrogens is 229 g/mol. The molecule has 0 aliphatic carbocycles. The first-order chi connectivity index (χ1) is 7.65. The van der Waals surface area contributed by atoms with Gasteiger partial charge in [-0.3, -0.25) is 4.79 Å². The monoisotopic (exact) mass is 243 g/mol. The Labute approximate surface area is 99.8 Å². The third-order valence-electron chi connectivity index (χ3n) is 2.25. The van der Waals surface area contributed by atoms with Gasteiger partial charge in [0.1, 0.15) is 11.6 Å². The Balaban J connectivity index is 2.53. The van der Waals surface area contributed by atoms with Crippen molar-refractivity contribution in [2.75, 3.05) is 13.1 Å². The molecule has 1 aromatic rings. The maximum atomic E-state index is 13.5. The molecule has 0 bridgehead atoms. The molecule has 1 N–H and O–H groups in total. The third-order valence-corrected chi connectivity index (χ3v) is 2.54. The van der Waals surface area contributed by atoms with E-state index in [4.69, 9.17) is 11.6 Å². The number of hydrogen-bond acceptors (Lipinski definition) is 2. The predicted molar refractivity (Wildman–Crippen MR) is 63.3 cm³/mol. The van der Waals surface area contributed by atoms with Crippen molar-refractivity contribution in [3.63, 3.8) is 0 Å². The Hall–Kier alpha value is -0.930. The fraction of sp³-hybridized carbons (Fsp3) is 0.417. The number of Topliss-reactive ketones (excluding diaryl/α,β-unsaturated/α-hetero) is 1. The average molecular weight is 244 g/mol. The van der Waals surface area contributed by atoms with Gasteiger partial charge in [0.15, 0.2) is 0 Å². The predicted octanol–water partition coefficient (Wildman–Crippen LogP) is 2.59. The average Bonchev–Trinajstić information content (AvgIpc) is 2.25. The smallest absolute Gasteiger partial charge is 0.145 e. The number of ketones is 1. The minimum atomic E-state index is -0.485. The number of carbonyl (C=O) groups excluding carboxylic acids is 1. The van der Waals surface area contributed by atoms with Gasteiger partial charge < -0.3 is 5.32 Å². The number of benzene rings is 1. The second-order valence-corrected chi connectivity index (χ2v) is 3.94. The summed E-state index contributed by atoms with van der Waals surface area (Å²) in [5.41, 5.74) is 0.369. The molecule has 0 aliphatic rings. The Kier molecular flexibility index (Phi) is 5.43. The lowest BCUT2D eigenvalue weighted by atomic mass is 10.1. The van der Waals surface area contributed by atoms with Crippen molar-refractivity contribution in [3.8, 4) is 0 Å². The van der Waals surface area contributed by atoms with Crippen LogP contribution < -0.4 is 5.32 Å². The second kappa shape index (κ2) is 6.61. The van der Waals surface area contributed by atoms with Crippen LogP contribution in [0.4, 0.5) is 4.39 Å². The van der Waals surface area contributed by atoms with Gasteiger partial charge in [0.25, 0.3) is 0 Å². The maximum absolute atomic E-state index is 13.5. The lowest BCUT2D eigenvalue weighted by Gasteiger charge is -2.04. The van der Waals surface area contributed by atoms with Crippen LogP contribution in [0.5, 0.6) is 0 Å². The molecule has 0 heterocycles. The van der Waals surface area contributed by atoms with Crippen LogP contribution in [0.3, 0.4) is 0 Å². The van der Waals surface area contributed by atoms with Gasteiger partial charge in [-0.15, -0.1) is 0 Å². The topological polar surface area (TPSA) is 29.1 Å². The summed E-state index contributed by atoms with van der Waals surface area (Å²) in [6.07, 6.45) is 0.525. The molecule has 0 spiro atoms. The Bertz CT molecular complexity index is 368. The first-order valence-corrected chi connectivity index (χ1v) is 5.68. The largest absolute Gasteiger partial charge is 0.317 e. The Morgan fingerprint density at radius 2 is 2.25 bits per heavy atom. The van der Waals surface area contributed by atoms with Gasteiger partial charge in [0.05, 0.1) is 5.02 Å². The van der Waals surface area contributed by atoms with Gasteiger partial charge in [-0.05, 0) is 18.2 Å². The van der Waals surface area contributed by atoms with Gasteiger partial charge in [-0.1, -0.05) is 30.7 Å². The highest BCUT2D eigenvalue weighted by atomic mass is 35.5. The minimum absolute atomic E-state index is 0.0158. The van der Waals surface area contributed by atoms with Gasteiger partial charge in [-0.25, -0.2) is 4.39 Å². The van der Waals surface area contributed by atoms with Crippen molar-refractivity contribution in [2.24, 2.45) is 0 Å². The molecule has 1 aromatic carbocycles. The summed E-state index contributed by atoms with van der Waals surface area (Å²) in [6, 6.07) is 4.72. The maximum Gasteiger partial charge on any atom is 0.145 e. The number of hydrogen-bond donors (Lipinski definition) is 1. The van der Waals surface area contributed by atoms with Crippen molar-refractivity contribution in [2.45, 2.75) is 19.8 Å². The molecule has 0 radical (unpaired) electrons. The number of rotatable bonds is 6. The van der Waals surface area contributed by atoms with Crippen LogP contribution in [0.15, 0.2) is 18.2 Å². The SMILES string of the molecule is CCNCCC(=O)Cc1cccc(Cl)c1F. The van der Waals surface area contributed by atoms with Crippen molar-refractivity contribution < 1.29 is 9.18 Å². The van der Waals surface area contributed by atoms with Crippen LogP contribution in [-0.2, 0) is 11.2 Å². The van der Waals surface area contributed by atoms with E-state index >= 15 is 0 Å². The first kappa shape index (κ1) is 13.1. The summed E-state index contributed by atoms with van der Waals surface area (Å²) < 4.78 is 13.5. The summed E-state index contributed by atoms with van der Waals surface area (Å²) in [5, 5.41) is 3.12. The number of halogens is 2. The zero-order valence-corrected chi connectivity index (χ0v) is 9.98. The molecule has 0 unspecified atom stereocenters. The number of carbonyl (C=O) groups is 1. The van der Waals surface area contributed by atoms with Crippen molar-refractivity contribution in [3.05, 3.63) is 34.6 Å². The van der Waals surface area contributed by atoms with E-state index in [0.29, 0.717) is 18.5 Å². The summed E-state index contributed by atoms with van der Waals surface area (Å²) in [5.74, 6) is -0.469. The van der Waals surface area contributed by atoms with E-state index in [-0.39, 0.29) is 17.2 Å². The molecule has 0 amide bonds. The van der Waals surface area contributed by atoms with Crippen LogP contribution in [0.25, 0.3) is 0 Å². The molecule has 16 heavy (non-hydrogen) atoms. The fourth-order valence-electron chi connectivity index (χ4n) is 1.39. The fourth-order valence-corrected chi connectivity index (χ4v) is 1.58. The minimum Gasteiger partial charge on any atom is -0.317 e. The van der Waals surface area contributed by atoms with E-state index < -0.39 is 5.82 Å². The van der Waals surface area contributed by atoms with Crippen molar-refractivity contribution in [1.29, 1.82) is 0 Å². The Morgan fingerprint density at radius 1 is 1.50 bits per heavy atom. The third kappa shape index (κ3) is 3.91. The quantitative estimate of drug-likeness (QED) is 0.779. The number of nitrogens with one attached hydrogen (secondary N) is 1. The summed E-state index contributed by atoms with van der Waals surface area (Å²) in [6.45, 7) is 3.44. The molecular formula is C12H15ClFNO. The molecule has 88 valence electrons. The normalized spacial score (nSPS) is 10.4. The molecule has 0 aliphatic heterocycles. The molecule has 0 saturated heterocycles. The van der Waals surface area contributed by atoms with E-state index in [1.807, 2.05) is 6.92 Å². The molecule has 0 fully saturated rings. The highest BCUT2D eigenvalue weighted by Gasteiger charge is 2.10. The van der Waals surface area contributed by atoms with E-state index in [1.165, 1.54) is 6.07 Å². The van der Waals surface area contributed by atoms with Crippen LogP contribution in [0.2, 0.25) is 5.02 Å². The van der Waals surface area contributed by atoms with Gasteiger partial charge in [0, 0.05) is 19.4 Å².